The first-order valence-corrected chi connectivity index (χ1v) is 12.4. The van der Waals surface area contributed by atoms with Crippen LogP contribution in [0.2, 0.25) is 0 Å². The third-order valence-corrected chi connectivity index (χ3v) is 7.56. The van der Waals surface area contributed by atoms with Gasteiger partial charge in [0.15, 0.2) is 5.17 Å². The van der Waals surface area contributed by atoms with Crippen molar-refractivity contribution < 1.29 is 9.59 Å². The molecule has 33 heavy (non-hydrogen) atoms. The second-order valence-corrected chi connectivity index (χ2v) is 9.86. The largest absolute Gasteiger partial charge is 0.325 e. The van der Waals surface area contributed by atoms with E-state index in [9.17, 15) is 9.59 Å². The second-order valence-electron chi connectivity index (χ2n) is 8.69. The minimum absolute atomic E-state index is 0.0649. The molecule has 2 amide bonds. The van der Waals surface area contributed by atoms with Gasteiger partial charge in [0.1, 0.15) is 11.9 Å². The summed E-state index contributed by atoms with van der Waals surface area (Å²) in [6.45, 7) is 10.1. The Labute approximate surface area is 199 Å². The molecule has 0 radical (unpaired) electrons. The van der Waals surface area contributed by atoms with Crippen molar-refractivity contribution in [3.63, 3.8) is 0 Å². The number of aryl methyl sites for hydroxylation is 2. The summed E-state index contributed by atoms with van der Waals surface area (Å²) in [5, 5.41) is 3.19. The summed E-state index contributed by atoms with van der Waals surface area (Å²) in [6.07, 6.45) is 1.46. The van der Waals surface area contributed by atoms with Gasteiger partial charge in [0, 0.05) is 11.3 Å². The van der Waals surface area contributed by atoms with E-state index < -0.39 is 11.3 Å². The lowest BCUT2D eigenvalue weighted by atomic mass is 10.00. The van der Waals surface area contributed by atoms with Crippen LogP contribution in [-0.2, 0) is 9.59 Å². The molecule has 0 spiro atoms. The van der Waals surface area contributed by atoms with Crippen LogP contribution in [0.1, 0.15) is 50.3 Å². The van der Waals surface area contributed by atoms with Crippen molar-refractivity contribution in [2.24, 2.45) is 15.9 Å². The van der Waals surface area contributed by atoms with Gasteiger partial charge in [0.25, 0.3) is 5.91 Å². The number of amidine groups is 2. The number of amides is 2. The third kappa shape index (κ3) is 4.47. The van der Waals surface area contributed by atoms with E-state index in [0.717, 1.165) is 34.5 Å². The van der Waals surface area contributed by atoms with Gasteiger partial charge in [-0.25, -0.2) is 9.89 Å². The normalized spacial score (nSPS) is 18.8. The number of fused-ring (bicyclic) bond motifs is 3. The molecular formula is C26H30N4O2S. The number of hydrogen-bond donors (Lipinski definition) is 1. The van der Waals surface area contributed by atoms with Gasteiger partial charge < -0.3 is 5.32 Å². The van der Waals surface area contributed by atoms with Crippen molar-refractivity contribution in [3.8, 4) is 0 Å². The van der Waals surface area contributed by atoms with Gasteiger partial charge in [-0.2, -0.15) is 0 Å². The number of hydrogen-bond acceptors (Lipinski definition) is 5. The first kappa shape index (κ1) is 23.2. The average molecular weight is 463 g/mol. The van der Waals surface area contributed by atoms with Gasteiger partial charge >= 0.3 is 0 Å². The fraction of sp³-hybridized carbons (Fsp3) is 0.385. The first-order chi connectivity index (χ1) is 15.8. The molecule has 2 aliphatic rings. The highest BCUT2D eigenvalue weighted by atomic mass is 32.2. The molecule has 0 unspecified atom stereocenters. The lowest BCUT2D eigenvalue weighted by Crippen LogP contribution is -2.43. The Hall–Kier alpha value is -2.93. The minimum Gasteiger partial charge on any atom is -0.325 e. The number of aliphatic imine (C=N–C) groups is 2. The SMILES string of the molecule is CC[C@H](SC1=Nc2ccccc2C2=N[C@@H]([C@H](C)CC)C(=O)N12)C(=O)Nc1cc(C)ccc1C. The molecule has 0 saturated carbocycles. The first-order valence-electron chi connectivity index (χ1n) is 11.5. The van der Waals surface area contributed by atoms with Crippen molar-refractivity contribution >= 4 is 46.0 Å². The molecular weight excluding hydrogens is 432 g/mol. The van der Waals surface area contributed by atoms with Crippen molar-refractivity contribution in [1.29, 1.82) is 0 Å². The second kappa shape index (κ2) is 9.51. The maximum Gasteiger partial charge on any atom is 0.259 e. The van der Waals surface area contributed by atoms with E-state index in [1.165, 1.54) is 11.8 Å². The van der Waals surface area contributed by atoms with E-state index in [0.29, 0.717) is 17.4 Å². The van der Waals surface area contributed by atoms with Crippen LogP contribution in [0.25, 0.3) is 0 Å². The highest BCUT2D eigenvalue weighted by Crippen LogP contribution is 2.36. The molecule has 3 atom stereocenters. The predicted octanol–water partition coefficient (Wildman–Crippen LogP) is 5.46. The summed E-state index contributed by atoms with van der Waals surface area (Å²) in [5.41, 5.74) is 4.54. The van der Waals surface area contributed by atoms with Crippen LogP contribution in [0.4, 0.5) is 11.4 Å². The van der Waals surface area contributed by atoms with Gasteiger partial charge in [0.05, 0.1) is 10.9 Å². The molecule has 2 aromatic rings. The molecule has 1 N–H and O–H groups in total. The zero-order valence-corrected chi connectivity index (χ0v) is 20.6. The molecule has 0 aromatic heterocycles. The van der Waals surface area contributed by atoms with Gasteiger partial charge in [-0.1, -0.05) is 63.2 Å². The zero-order chi connectivity index (χ0) is 23.7. The summed E-state index contributed by atoms with van der Waals surface area (Å²) >= 11 is 1.33. The number of rotatable bonds is 6. The molecule has 4 rings (SSSR count). The van der Waals surface area contributed by atoms with E-state index in [2.05, 4.69) is 12.2 Å². The smallest absolute Gasteiger partial charge is 0.259 e. The Morgan fingerprint density at radius 2 is 1.91 bits per heavy atom. The topological polar surface area (TPSA) is 74.1 Å². The molecule has 2 aliphatic heterocycles. The maximum atomic E-state index is 13.4. The standard InChI is InChI=1S/C26H30N4O2S/c1-6-16(4)22-25(32)30-23(29-22)18-10-8-9-11-19(18)28-26(30)33-21(7-2)24(31)27-20-14-15(3)12-13-17(20)5/h8-14,16,21-22H,6-7H2,1-5H3,(H,27,31)/t16-,21+,22+/m1/s1. The van der Waals surface area contributed by atoms with Gasteiger partial charge in [-0.3, -0.25) is 14.6 Å². The maximum absolute atomic E-state index is 13.4. The van der Waals surface area contributed by atoms with Gasteiger partial charge in [0.2, 0.25) is 5.91 Å². The van der Waals surface area contributed by atoms with Crippen molar-refractivity contribution in [1.82, 2.24) is 4.90 Å². The van der Waals surface area contributed by atoms with Crippen molar-refractivity contribution in [3.05, 3.63) is 59.2 Å². The Balaban J connectivity index is 1.64. The van der Waals surface area contributed by atoms with Gasteiger partial charge in [-0.05, 0) is 55.5 Å². The van der Waals surface area contributed by atoms with Crippen LogP contribution in [-0.4, -0.2) is 39.0 Å². The molecule has 2 heterocycles. The van der Waals surface area contributed by atoms with Crippen LogP contribution >= 0.6 is 11.8 Å². The van der Waals surface area contributed by atoms with E-state index in [1.807, 2.05) is 70.2 Å². The monoisotopic (exact) mass is 462 g/mol. The molecule has 7 heteroatoms. The van der Waals surface area contributed by atoms with E-state index in [4.69, 9.17) is 9.98 Å². The Morgan fingerprint density at radius 3 is 2.64 bits per heavy atom. The van der Waals surface area contributed by atoms with Crippen molar-refractivity contribution in [2.75, 3.05) is 5.32 Å². The third-order valence-electron chi connectivity index (χ3n) is 6.24. The summed E-state index contributed by atoms with van der Waals surface area (Å²) in [6, 6.07) is 13.3. The summed E-state index contributed by atoms with van der Waals surface area (Å²) in [4.78, 5) is 37.8. The number of nitrogens with one attached hydrogen (secondary N) is 1. The molecule has 0 bridgehead atoms. The highest BCUT2D eigenvalue weighted by Gasteiger charge is 2.43. The summed E-state index contributed by atoms with van der Waals surface area (Å²) < 4.78 is 0. The lowest BCUT2D eigenvalue weighted by Gasteiger charge is -2.28. The molecule has 6 nitrogen and oxygen atoms in total. The number of thioether (sulfide) groups is 1. The summed E-state index contributed by atoms with van der Waals surface area (Å²) in [5.74, 6) is 0.609. The Kier molecular flexibility index (Phi) is 6.70. The van der Waals surface area contributed by atoms with Crippen LogP contribution < -0.4 is 5.32 Å². The predicted molar refractivity (Wildman–Crippen MR) is 136 cm³/mol. The van der Waals surface area contributed by atoms with E-state index >= 15 is 0 Å². The van der Waals surface area contributed by atoms with E-state index in [1.54, 1.807) is 4.90 Å². The lowest BCUT2D eigenvalue weighted by molar-refractivity contribution is -0.125. The molecule has 0 saturated heterocycles. The van der Waals surface area contributed by atoms with Crippen LogP contribution in [0, 0.1) is 19.8 Å². The van der Waals surface area contributed by atoms with Crippen LogP contribution in [0.15, 0.2) is 52.4 Å². The van der Waals surface area contributed by atoms with Crippen LogP contribution in [0.3, 0.4) is 0 Å². The quantitative estimate of drug-likeness (QED) is 0.620. The molecule has 2 aromatic carbocycles. The Bertz CT molecular complexity index is 1160. The van der Waals surface area contributed by atoms with Crippen LogP contribution in [0.5, 0.6) is 0 Å². The molecule has 0 aliphatic carbocycles. The highest BCUT2D eigenvalue weighted by molar-refractivity contribution is 8.15. The minimum atomic E-state index is -0.425. The summed E-state index contributed by atoms with van der Waals surface area (Å²) in [7, 11) is 0. The number of benzene rings is 2. The number of carbonyl (C=O) groups is 2. The fourth-order valence-electron chi connectivity index (χ4n) is 3.98. The number of carbonyl (C=O) groups excluding carboxylic acids is 2. The zero-order valence-electron chi connectivity index (χ0n) is 19.8. The fourth-order valence-corrected chi connectivity index (χ4v) is 5.00. The molecule has 0 fully saturated rings. The number of anilines is 1. The van der Waals surface area contributed by atoms with E-state index in [-0.39, 0.29) is 17.7 Å². The molecule has 172 valence electrons. The number of nitrogens with zero attached hydrogens (tertiary/aromatic N) is 3. The van der Waals surface area contributed by atoms with Gasteiger partial charge in [-0.15, -0.1) is 0 Å². The average Bonchev–Trinajstić information content (AvgIpc) is 3.17. The number of para-hydroxylation sites is 1. The van der Waals surface area contributed by atoms with Crippen molar-refractivity contribution in [2.45, 2.75) is 58.8 Å². The Morgan fingerprint density at radius 1 is 1.15 bits per heavy atom.